The van der Waals surface area contributed by atoms with Crippen LogP contribution in [0.3, 0.4) is 0 Å². The standard InChI is InChI=1S/C16H26N2O2/c1-3-19-15-8-4-5-9-16(15)20-12-11-18(2)13-14-7-6-10-17-14/h4-5,8-9,14,17H,3,6-7,10-13H2,1-2H3. The lowest BCUT2D eigenvalue weighted by Crippen LogP contribution is -2.37. The molecule has 0 spiro atoms. The Bertz CT molecular complexity index is 392. The van der Waals surface area contributed by atoms with Crippen LogP contribution in [0.4, 0.5) is 0 Å². The third-order valence-corrected chi connectivity index (χ3v) is 3.57. The summed E-state index contributed by atoms with van der Waals surface area (Å²) in [4.78, 5) is 2.33. The lowest BCUT2D eigenvalue weighted by atomic mass is 10.2. The Balaban J connectivity index is 1.71. The second kappa shape index (κ2) is 8.12. The molecule has 112 valence electrons. The summed E-state index contributed by atoms with van der Waals surface area (Å²) in [5, 5.41) is 3.52. The van der Waals surface area contributed by atoms with E-state index in [1.807, 2.05) is 31.2 Å². The second-order valence-corrected chi connectivity index (χ2v) is 5.28. The normalized spacial score (nSPS) is 18.4. The van der Waals surface area contributed by atoms with Crippen LogP contribution in [0, 0.1) is 0 Å². The minimum absolute atomic E-state index is 0.649. The van der Waals surface area contributed by atoms with Gasteiger partial charge in [0.15, 0.2) is 11.5 Å². The number of hydrogen-bond donors (Lipinski definition) is 1. The summed E-state index contributed by atoms with van der Waals surface area (Å²) in [5.74, 6) is 1.66. The Morgan fingerprint density at radius 1 is 1.25 bits per heavy atom. The van der Waals surface area contributed by atoms with Gasteiger partial charge >= 0.3 is 0 Å². The zero-order valence-electron chi connectivity index (χ0n) is 12.6. The molecular formula is C16H26N2O2. The van der Waals surface area contributed by atoms with Gasteiger partial charge in [-0.3, -0.25) is 0 Å². The predicted octanol–water partition coefficient (Wildman–Crippen LogP) is 2.15. The molecule has 1 aromatic rings. The number of nitrogens with one attached hydrogen (secondary N) is 1. The van der Waals surface area contributed by atoms with Crippen molar-refractivity contribution in [2.24, 2.45) is 0 Å². The van der Waals surface area contributed by atoms with Crippen LogP contribution in [-0.2, 0) is 0 Å². The fourth-order valence-electron chi connectivity index (χ4n) is 2.54. The van der Waals surface area contributed by atoms with Crippen molar-refractivity contribution < 1.29 is 9.47 Å². The first kappa shape index (κ1) is 15.1. The van der Waals surface area contributed by atoms with Gasteiger partial charge in [0.2, 0.25) is 0 Å². The summed E-state index contributed by atoms with van der Waals surface area (Å²) >= 11 is 0. The van der Waals surface area contributed by atoms with Gasteiger partial charge in [-0.25, -0.2) is 0 Å². The molecule has 0 saturated carbocycles. The first-order chi connectivity index (χ1) is 9.79. The number of nitrogens with zero attached hydrogens (tertiary/aromatic N) is 1. The number of para-hydroxylation sites is 2. The van der Waals surface area contributed by atoms with Crippen LogP contribution in [0.2, 0.25) is 0 Å². The van der Waals surface area contributed by atoms with Crippen LogP contribution in [0.25, 0.3) is 0 Å². The molecule has 1 aromatic carbocycles. The van der Waals surface area contributed by atoms with Gasteiger partial charge in [-0.05, 0) is 45.5 Å². The summed E-state index contributed by atoms with van der Waals surface area (Å²) in [6, 6.07) is 8.50. The van der Waals surface area contributed by atoms with Gasteiger partial charge in [0.25, 0.3) is 0 Å². The van der Waals surface area contributed by atoms with Gasteiger partial charge < -0.3 is 19.7 Å². The third kappa shape index (κ3) is 4.69. The summed E-state index contributed by atoms with van der Waals surface area (Å²) in [6.45, 7) is 6.52. The molecule has 1 unspecified atom stereocenters. The number of rotatable bonds is 8. The molecule has 1 atom stereocenters. The minimum atomic E-state index is 0.649. The molecule has 4 heteroatoms. The average molecular weight is 278 g/mol. The molecule has 1 aliphatic rings. The van der Waals surface area contributed by atoms with E-state index in [1.54, 1.807) is 0 Å². The van der Waals surface area contributed by atoms with E-state index in [0.29, 0.717) is 19.3 Å². The third-order valence-electron chi connectivity index (χ3n) is 3.57. The first-order valence-electron chi connectivity index (χ1n) is 7.56. The average Bonchev–Trinajstić information content (AvgIpc) is 2.94. The van der Waals surface area contributed by atoms with E-state index in [-0.39, 0.29) is 0 Å². The van der Waals surface area contributed by atoms with Crippen LogP contribution < -0.4 is 14.8 Å². The number of benzene rings is 1. The SMILES string of the molecule is CCOc1ccccc1OCCN(C)CC1CCCN1. The van der Waals surface area contributed by atoms with Gasteiger partial charge in [-0.2, -0.15) is 0 Å². The predicted molar refractivity (Wildman–Crippen MR) is 81.6 cm³/mol. The van der Waals surface area contributed by atoms with Gasteiger partial charge in [-0.15, -0.1) is 0 Å². The van der Waals surface area contributed by atoms with Crippen LogP contribution in [0.1, 0.15) is 19.8 Å². The number of ether oxygens (including phenoxy) is 2. The van der Waals surface area contributed by atoms with E-state index in [1.165, 1.54) is 12.8 Å². The van der Waals surface area contributed by atoms with Crippen molar-refractivity contribution in [3.05, 3.63) is 24.3 Å². The molecule has 1 fully saturated rings. The molecule has 0 aliphatic carbocycles. The van der Waals surface area contributed by atoms with E-state index in [0.717, 1.165) is 31.1 Å². The van der Waals surface area contributed by atoms with Gasteiger partial charge in [0.05, 0.1) is 6.61 Å². The van der Waals surface area contributed by atoms with Crippen molar-refractivity contribution in [1.29, 1.82) is 0 Å². The smallest absolute Gasteiger partial charge is 0.161 e. The maximum absolute atomic E-state index is 5.84. The number of hydrogen-bond acceptors (Lipinski definition) is 4. The summed E-state index contributed by atoms with van der Waals surface area (Å²) in [7, 11) is 2.15. The van der Waals surface area contributed by atoms with Crippen LogP contribution in [0.15, 0.2) is 24.3 Å². The topological polar surface area (TPSA) is 33.7 Å². The van der Waals surface area contributed by atoms with Crippen molar-refractivity contribution in [2.75, 3.05) is 39.9 Å². The van der Waals surface area contributed by atoms with Crippen LogP contribution in [-0.4, -0.2) is 50.8 Å². The molecule has 4 nitrogen and oxygen atoms in total. The Kier molecular flexibility index (Phi) is 6.15. The number of likely N-dealkylation sites (N-methyl/N-ethyl adjacent to an activating group) is 1. The molecule has 0 amide bonds. The highest BCUT2D eigenvalue weighted by atomic mass is 16.5. The molecular weight excluding hydrogens is 252 g/mol. The van der Waals surface area contributed by atoms with Gasteiger partial charge in [0, 0.05) is 19.1 Å². The summed E-state index contributed by atoms with van der Waals surface area (Å²) in [6.07, 6.45) is 2.59. The van der Waals surface area contributed by atoms with Gasteiger partial charge in [0.1, 0.15) is 6.61 Å². The summed E-state index contributed by atoms with van der Waals surface area (Å²) in [5.41, 5.74) is 0. The van der Waals surface area contributed by atoms with Crippen LogP contribution in [0.5, 0.6) is 11.5 Å². The Morgan fingerprint density at radius 3 is 2.65 bits per heavy atom. The Morgan fingerprint density at radius 2 is 2.00 bits per heavy atom. The lowest BCUT2D eigenvalue weighted by molar-refractivity contribution is 0.217. The van der Waals surface area contributed by atoms with Crippen molar-refractivity contribution in [3.63, 3.8) is 0 Å². The molecule has 0 aromatic heterocycles. The quantitative estimate of drug-likeness (QED) is 0.790. The zero-order chi connectivity index (χ0) is 14.2. The monoisotopic (exact) mass is 278 g/mol. The summed E-state index contributed by atoms with van der Waals surface area (Å²) < 4.78 is 11.4. The maximum Gasteiger partial charge on any atom is 0.161 e. The fourth-order valence-corrected chi connectivity index (χ4v) is 2.54. The van der Waals surface area contributed by atoms with Crippen molar-refractivity contribution in [2.45, 2.75) is 25.8 Å². The fraction of sp³-hybridized carbons (Fsp3) is 0.625. The Labute approximate surface area is 122 Å². The van der Waals surface area contributed by atoms with E-state index >= 15 is 0 Å². The maximum atomic E-state index is 5.84. The van der Waals surface area contributed by atoms with Crippen molar-refractivity contribution in [1.82, 2.24) is 10.2 Å². The largest absolute Gasteiger partial charge is 0.490 e. The molecule has 1 saturated heterocycles. The van der Waals surface area contributed by atoms with Crippen LogP contribution >= 0.6 is 0 Å². The van der Waals surface area contributed by atoms with E-state index < -0.39 is 0 Å². The molecule has 0 radical (unpaired) electrons. The Hall–Kier alpha value is -1.26. The molecule has 20 heavy (non-hydrogen) atoms. The molecule has 1 heterocycles. The van der Waals surface area contributed by atoms with E-state index in [4.69, 9.17) is 9.47 Å². The lowest BCUT2D eigenvalue weighted by Gasteiger charge is -2.21. The van der Waals surface area contributed by atoms with Crippen molar-refractivity contribution >= 4 is 0 Å². The highest BCUT2D eigenvalue weighted by Gasteiger charge is 2.15. The van der Waals surface area contributed by atoms with Gasteiger partial charge in [-0.1, -0.05) is 12.1 Å². The second-order valence-electron chi connectivity index (χ2n) is 5.28. The zero-order valence-corrected chi connectivity index (χ0v) is 12.6. The highest BCUT2D eigenvalue weighted by molar-refractivity contribution is 5.39. The first-order valence-corrected chi connectivity index (χ1v) is 7.56. The molecule has 1 N–H and O–H groups in total. The molecule has 0 bridgehead atoms. The minimum Gasteiger partial charge on any atom is -0.490 e. The van der Waals surface area contributed by atoms with Crippen molar-refractivity contribution in [3.8, 4) is 11.5 Å². The molecule has 2 rings (SSSR count). The molecule has 1 aliphatic heterocycles. The van der Waals surface area contributed by atoms with E-state index in [2.05, 4.69) is 17.3 Å². The highest BCUT2D eigenvalue weighted by Crippen LogP contribution is 2.26. The van der Waals surface area contributed by atoms with E-state index in [9.17, 15) is 0 Å².